The number of rotatable bonds is 6. The lowest BCUT2D eigenvalue weighted by molar-refractivity contribution is -0.115. The lowest BCUT2D eigenvalue weighted by atomic mass is 10.2. The Morgan fingerprint density at radius 2 is 2.00 bits per heavy atom. The van der Waals surface area contributed by atoms with Gasteiger partial charge in [-0.05, 0) is 43.7 Å². The van der Waals surface area contributed by atoms with Crippen LogP contribution in [0, 0.1) is 6.92 Å². The molecule has 0 radical (unpaired) electrons. The van der Waals surface area contributed by atoms with E-state index in [1.165, 1.54) is 28.3 Å². The highest BCUT2D eigenvalue weighted by molar-refractivity contribution is 8.00. The summed E-state index contributed by atoms with van der Waals surface area (Å²) >= 11 is 1.28. The molecule has 0 unspecified atom stereocenters. The van der Waals surface area contributed by atoms with Gasteiger partial charge in [-0.25, -0.2) is 13.4 Å². The van der Waals surface area contributed by atoms with Gasteiger partial charge in [-0.1, -0.05) is 23.9 Å². The molecule has 0 spiro atoms. The minimum atomic E-state index is -3.57. The molecule has 1 aliphatic heterocycles. The third kappa shape index (κ3) is 5.11. The van der Waals surface area contributed by atoms with E-state index < -0.39 is 10.0 Å². The van der Waals surface area contributed by atoms with Crippen LogP contribution < -0.4 is 5.32 Å². The average Bonchev–Trinajstić information content (AvgIpc) is 2.69. The number of carbonyl (C=O) groups is 1. The summed E-state index contributed by atoms with van der Waals surface area (Å²) in [6.45, 7) is 5.23. The molecule has 2 aromatic rings. The van der Waals surface area contributed by atoms with Crippen molar-refractivity contribution in [2.45, 2.75) is 29.0 Å². The third-order valence-electron chi connectivity index (χ3n) is 4.27. The molecule has 0 bridgehead atoms. The highest BCUT2D eigenvalue weighted by atomic mass is 32.2. The molecule has 0 aliphatic carbocycles. The van der Waals surface area contributed by atoms with Crippen molar-refractivity contribution in [2.24, 2.45) is 0 Å². The zero-order chi connectivity index (χ0) is 20.1. The molecule has 0 saturated carbocycles. The zero-order valence-corrected chi connectivity index (χ0v) is 17.4. The van der Waals surface area contributed by atoms with E-state index in [9.17, 15) is 13.2 Å². The number of sulfonamides is 1. The van der Waals surface area contributed by atoms with Crippen molar-refractivity contribution >= 4 is 33.4 Å². The number of carbonyl (C=O) groups excluding carboxylic acids is 1. The Morgan fingerprint density at radius 1 is 1.25 bits per heavy atom. The molecule has 1 aromatic carbocycles. The summed E-state index contributed by atoms with van der Waals surface area (Å²) in [5.74, 6) is -0.137. The second kappa shape index (κ2) is 9.04. The number of aryl methyl sites for hydroxylation is 1. The van der Waals surface area contributed by atoms with Crippen LogP contribution in [-0.4, -0.2) is 55.2 Å². The second-order valence-corrected chi connectivity index (χ2v) is 9.77. The van der Waals surface area contributed by atoms with Crippen LogP contribution >= 0.6 is 11.8 Å². The first kappa shape index (κ1) is 20.8. The van der Waals surface area contributed by atoms with E-state index in [1.807, 2.05) is 31.2 Å². The van der Waals surface area contributed by atoms with Gasteiger partial charge in [0.25, 0.3) is 0 Å². The predicted molar refractivity (Wildman–Crippen MR) is 109 cm³/mol. The van der Waals surface area contributed by atoms with Crippen molar-refractivity contribution in [2.75, 3.05) is 31.6 Å². The topological polar surface area (TPSA) is 88.6 Å². The number of pyridine rings is 1. The Morgan fingerprint density at radius 3 is 2.64 bits per heavy atom. The van der Waals surface area contributed by atoms with Gasteiger partial charge in [0.2, 0.25) is 15.9 Å². The smallest absolute Gasteiger partial charge is 0.244 e. The van der Waals surface area contributed by atoms with Crippen molar-refractivity contribution in [3.8, 4) is 0 Å². The van der Waals surface area contributed by atoms with Crippen LogP contribution in [0.25, 0.3) is 0 Å². The van der Waals surface area contributed by atoms with E-state index >= 15 is 0 Å². The third-order valence-corrected chi connectivity index (χ3v) is 7.20. The summed E-state index contributed by atoms with van der Waals surface area (Å²) in [4.78, 5) is 16.8. The van der Waals surface area contributed by atoms with Crippen molar-refractivity contribution in [3.63, 3.8) is 0 Å². The lowest BCUT2D eigenvalue weighted by Gasteiger charge is -2.25. The molecular weight excluding hydrogens is 398 g/mol. The Hall–Kier alpha value is -1.94. The summed E-state index contributed by atoms with van der Waals surface area (Å²) in [7, 11) is -3.57. The van der Waals surface area contributed by atoms with Crippen LogP contribution in [0.15, 0.2) is 52.5 Å². The molecule has 28 heavy (non-hydrogen) atoms. The van der Waals surface area contributed by atoms with Crippen LogP contribution in [0.1, 0.15) is 12.5 Å². The summed E-state index contributed by atoms with van der Waals surface area (Å²) < 4.78 is 31.8. The van der Waals surface area contributed by atoms with Gasteiger partial charge < -0.3 is 10.1 Å². The minimum absolute atomic E-state index is 0.137. The van der Waals surface area contributed by atoms with Crippen LogP contribution in [0.2, 0.25) is 0 Å². The van der Waals surface area contributed by atoms with E-state index in [0.717, 1.165) is 11.3 Å². The average molecular weight is 422 g/mol. The number of nitrogens with zero attached hydrogens (tertiary/aromatic N) is 2. The largest absolute Gasteiger partial charge is 0.379 e. The van der Waals surface area contributed by atoms with Crippen LogP contribution in [0.5, 0.6) is 0 Å². The molecule has 9 heteroatoms. The number of benzene rings is 1. The highest BCUT2D eigenvalue weighted by Gasteiger charge is 2.26. The number of hydrogen-bond acceptors (Lipinski definition) is 6. The van der Waals surface area contributed by atoms with Crippen LogP contribution in [0.4, 0.5) is 5.69 Å². The quantitative estimate of drug-likeness (QED) is 0.721. The normalized spacial score (nSPS) is 16.5. The maximum atomic E-state index is 12.6. The molecule has 1 atom stereocenters. The molecule has 1 aliphatic rings. The number of ether oxygens (including phenoxy) is 1. The maximum Gasteiger partial charge on any atom is 0.244 e. The van der Waals surface area contributed by atoms with Crippen molar-refractivity contribution in [1.82, 2.24) is 9.29 Å². The number of nitrogens with one attached hydrogen (secondary N) is 1. The number of thioether (sulfide) groups is 1. The van der Waals surface area contributed by atoms with Crippen molar-refractivity contribution in [1.29, 1.82) is 0 Å². The van der Waals surface area contributed by atoms with Gasteiger partial charge >= 0.3 is 0 Å². The molecule has 3 rings (SSSR count). The number of hydrogen-bond donors (Lipinski definition) is 1. The SMILES string of the molecule is Cc1cccc(NC(=O)[C@@H](C)Sc2ccc(S(=O)(=O)N3CCOCC3)cn2)c1. The van der Waals surface area contributed by atoms with Gasteiger partial charge in [-0.2, -0.15) is 4.31 Å². The second-order valence-electron chi connectivity index (χ2n) is 6.47. The molecular formula is C19H23N3O4S2. The molecule has 1 saturated heterocycles. The first-order valence-corrected chi connectivity index (χ1v) is 11.3. The number of anilines is 1. The van der Waals surface area contributed by atoms with Crippen LogP contribution in [0.3, 0.4) is 0 Å². The van der Waals surface area contributed by atoms with Gasteiger partial charge in [0.1, 0.15) is 4.90 Å². The summed E-state index contributed by atoms with van der Waals surface area (Å²) in [5, 5.41) is 3.09. The fourth-order valence-corrected chi connectivity index (χ4v) is 4.87. The number of morpholine rings is 1. The molecule has 150 valence electrons. The number of amides is 1. The fourth-order valence-electron chi connectivity index (χ4n) is 2.73. The van der Waals surface area contributed by atoms with E-state index in [-0.39, 0.29) is 16.1 Å². The Kier molecular flexibility index (Phi) is 6.71. The molecule has 1 amide bonds. The van der Waals surface area contributed by atoms with E-state index in [0.29, 0.717) is 31.3 Å². The van der Waals surface area contributed by atoms with Crippen molar-refractivity contribution in [3.05, 3.63) is 48.2 Å². The van der Waals surface area contributed by atoms with Gasteiger partial charge in [0, 0.05) is 25.0 Å². The Bertz CT molecular complexity index is 926. The van der Waals surface area contributed by atoms with E-state index in [4.69, 9.17) is 4.74 Å². The fraction of sp³-hybridized carbons (Fsp3) is 0.368. The van der Waals surface area contributed by atoms with Gasteiger partial charge in [0.15, 0.2) is 0 Å². The van der Waals surface area contributed by atoms with Gasteiger partial charge in [-0.3, -0.25) is 4.79 Å². The van der Waals surface area contributed by atoms with Gasteiger partial charge in [-0.15, -0.1) is 0 Å². The first-order chi connectivity index (χ1) is 13.4. The summed E-state index contributed by atoms with van der Waals surface area (Å²) in [5.41, 5.74) is 1.81. The summed E-state index contributed by atoms with van der Waals surface area (Å²) in [6, 6.07) is 10.8. The maximum absolute atomic E-state index is 12.6. The lowest BCUT2D eigenvalue weighted by Crippen LogP contribution is -2.40. The van der Waals surface area contributed by atoms with E-state index in [1.54, 1.807) is 13.0 Å². The Balaban J connectivity index is 1.62. The minimum Gasteiger partial charge on any atom is -0.379 e. The predicted octanol–water partition coefficient (Wildman–Crippen LogP) is 2.53. The highest BCUT2D eigenvalue weighted by Crippen LogP contribution is 2.24. The first-order valence-electron chi connectivity index (χ1n) is 8.94. The molecule has 1 aromatic heterocycles. The Labute approximate surface area is 169 Å². The van der Waals surface area contributed by atoms with Crippen LogP contribution in [-0.2, 0) is 19.6 Å². The number of aromatic nitrogens is 1. The monoisotopic (exact) mass is 421 g/mol. The molecule has 1 fully saturated rings. The zero-order valence-electron chi connectivity index (χ0n) is 15.8. The molecule has 1 N–H and O–H groups in total. The standard InChI is InChI=1S/C19H23N3O4S2/c1-14-4-3-5-16(12-14)21-19(23)15(2)27-18-7-6-17(13-20-18)28(24,25)22-8-10-26-11-9-22/h3-7,12-13,15H,8-11H2,1-2H3,(H,21,23)/t15-/m1/s1. The van der Waals surface area contributed by atoms with E-state index in [2.05, 4.69) is 10.3 Å². The molecule has 7 nitrogen and oxygen atoms in total. The van der Waals surface area contributed by atoms with Gasteiger partial charge in [0.05, 0.1) is 23.5 Å². The molecule has 2 heterocycles. The summed E-state index contributed by atoms with van der Waals surface area (Å²) in [6.07, 6.45) is 1.35. The van der Waals surface area contributed by atoms with Crippen molar-refractivity contribution < 1.29 is 17.9 Å².